The van der Waals surface area contributed by atoms with Crippen LogP contribution in [0.25, 0.3) is 0 Å². The van der Waals surface area contributed by atoms with Crippen molar-refractivity contribution in [1.82, 2.24) is 0 Å². The minimum atomic E-state index is -0.225. The maximum Gasteiger partial charge on any atom is 0.338 e. The second-order valence-corrected chi connectivity index (χ2v) is 15.8. The van der Waals surface area contributed by atoms with E-state index in [1.54, 1.807) is 0 Å². The van der Waals surface area contributed by atoms with E-state index in [2.05, 4.69) is 65.6 Å². The van der Waals surface area contributed by atoms with Crippen molar-refractivity contribution in [3.05, 3.63) is 96.1 Å². The number of quaternary nitrogens is 2. The molecule has 0 unspecified atom stereocenters. The summed E-state index contributed by atoms with van der Waals surface area (Å²) in [5, 5.41) is 0. The number of hydrogen-bond acceptors (Lipinski definition) is 4. The van der Waals surface area contributed by atoms with E-state index in [1.807, 2.05) is 36.4 Å². The predicted octanol–water partition coefficient (Wildman–Crippen LogP) is 10.9. The molecule has 0 saturated carbocycles. The average Bonchev–Trinajstić information content (AvgIpc) is 3.09. The lowest BCUT2D eigenvalue weighted by molar-refractivity contribution is -0.922. The molecule has 0 aromatic heterocycles. The van der Waals surface area contributed by atoms with Crippen molar-refractivity contribution < 1.29 is 28.0 Å². The third kappa shape index (κ3) is 21.0. The Morgan fingerprint density at radius 3 is 1.14 bits per heavy atom. The number of carbonyl (C=O) groups is 2. The largest absolute Gasteiger partial charge is 0.462 e. The quantitative estimate of drug-likeness (QED) is 0.0352. The lowest BCUT2D eigenvalue weighted by Crippen LogP contribution is -2.44. The average molecular weight is 705 g/mol. The molecule has 2 rings (SSSR count). The van der Waals surface area contributed by atoms with Crippen LogP contribution >= 0.6 is 0 Å². The van der Waals surface area contributed by atoms with Crippen LogP contribution < -0.4 is 0 Å². The smallest absolute Gasteiger partial charge is 0.338 e. The molecule has 0 radical (unpaired) electrons. The zero-order chi connectivity index (χ0) is 37.2. The zero-order valence-electron chi connectivity index (χ0n) is 33.0. The summed E-state index contributed by atoms with van der Waals surface area (Å²) in [6, 6.07) is 15.9. The second kappa shape index (κ2) is 25.7. The van der Waals surface area contributed by atoms with E-state index >= 15 is 0 Å². The third-order valence-electron chi connectivity index (χ3n) is 9.70. The predicted molar refractivity (Wildman–Crippen MR) is 214 cm³/mol. The summed E-state index contributed by atoms with van der Waals surface area (Å²) < 4.78 is 12.8. The van der Waals surface area contributed by atoms with Crippen molar-refractivity contribution in [1.29, 1.82) is 0 Å². The van der Waals surface area contributed by atoms with Crippen LogP contribution in [0.1, 0.15) is 141 Å². The summed E-state index contributed by atoms with van der Waals surface area (Å²) in [6.45, 7) is 12.5. The molecule has 0 spiro atoms. The topological polar surface area (TPSA) is 52.6 Å². The van der Waals surface area contributed by atoms with Gasteiger partial charge in [-0.1, -0.05) is 101 Å². The van der Waals surface area contributed by atoms with Crippen LogP contribution in [-0.4, -0.2) is 75.4 Å². The highest BCUT2D eigenvalue weighted by atomic mass is 16.5. The van der Waals surface area contributed by atoms with Gasteiger partial charge in [0.2, 0.25) is 0 Å². The number of allylic oxidation sites excluding steroid dienone is 2. The van der Waals surface area contributed by atoms with Crippen LogP contribution in [0.2, 0.25) is 0 Å². The molecule has 0 aliphatic carbocycles. The molecule has 0 atom stereocenters. The molecule has 0 fully saturated rings. The lowest BCUT2D eigenvalue weighted by atomic mass is 10.1. The van der Waals surface area contributed by atoms with Crippen LogP contribution in [0.3, 0.4) is 0 Å². The van der Waals surface area contributed by atoms with Gasteiger partial charge in [0.05, 0.1) is 65.6 Å². The van der Waals surface area contributed by atoms with Crippen molar-refractivity contribution in [2.24, 2.45) is 0 Å². The highest BCUT2D eigenvalue weighted by molar-refractivity contribution is 5.89. The number of rotatable bonds is 30. The van der Waals surface area contributed by atoms with E-state index in [4.69, 9.17) is 9.47 Å². The van der Waals surface area contributed by atoms with Crippen LogP contribution in [0, 0.1) is 0 Å². The maximum absolute atomic E-state index is 12.5. The van der Waals surface area contributed by atoms with Gasteiger partial charge in [-0.15, -0.1) is 13.2 Å². The first-order valence-corrected chi connectivity index (χ1v) is 19.9. The number of hydrogen-bond donors (Lipinski definition) is 0. The molecule has 0 amide bonds. The van der Waals surface area contributed by atoms with E-state index < -0.39 is 0 Å². The normalized spacial score (nSPS) is 11.7. The molecular formula is C45H72N2O4+2. The van der Waals surface area contributed by atoms with Gasteiger partial charge in [-0.2, -0.15) is 0 Å². The van der Waals surface area contributed by atoms with Crippen molar-refractivity contribution in [2.75, 3.05) is 54.5 Å². The van der Waals surface area contributed by atoms with Gasteiger partial charge in [0.1, 0.15) is 13.1 Å². The Kier molecular flexibility index (Phi) is 22.1. The van der Waals surface area contributed by atoms with Gasteiger partial charge >= 0.3 is 11.9 Å². The molecule has 6 nitrogen and oxygen atoms in total. The first-order chi connectivity index (χ1) is 24.5. The Morgan fingerprint density at radius 1 is 0.490 bits per heavy atom. The van der Waals surface area contributed by atoms with Gasteiger partial charge in [0.25, 0.3) is 0 Å². The number of esters is 2. The minimum absolute atomic E-state index is 0.225. The number of benzene rings is 2. The standard InChI is InChI=1S/C45H72N2O4/c1-7-9-11-13-15-17-19-21-23-36-50-44(48)42-30-26-40(27-31-42)38-46(3,4)34-25-35-47(5,6)39-41-28-32-43(33-29-41)45(49)51-37-24-22-20-18-16-14-12-10-8-2/h7-8,26-33H,1-2,9-25,34-39H2,3-6H3/q+2. The van der Waals surface area contributed by atoms with Crippen molar-refractivity contribution in [3.8, 4) is 0 Å². The highest BCUT2D eigenvalue weighted by Crippen LogP contribution is 2.17. The van der Waals surface area contributed by atoms with Crippen molar-refractivity contribution >= 4 is 11.9 Å². The Bertz CT molecular complexity index is 1150. The zero-order valence-corrected chi connectivity index (χ0v) is 33.0. The molecular weight excluding hydrogens is 633 g/mol. The molecule has 0 saturated heterocycles. The van der Waals surface area contributed by atoms with Gasteiger partial charge in [0, 0.05) is 17.5 Å². The summed E-state index contributed by atoms with van der Waals surface area (Å²) in [6.07, 6.45) is 23.9. The fourth-order valence-electron chi connectivity index (χ4n) is 6.61. The Morgan fingerprint density at radius 2 is 0.804 bits per heavy atom. The summed E-state index contributed by atoms with van der Waals surface area (Å²) in [5.41, 5.74) is 3.70. The maximum atomic E-state index is 12.5. The minimum Gasteiger partial charge on any atom is -0.462 e. The molecule has 0 bridgehead atoms. The van der Waals surface area contributed by atoms with Gasteiger partial charge < -0.3 is 18.4 Å². The van der Waals surface area contributed by atoms with Gasteiger partial charge in [0.15, 0.2) is 0 Å². The summed E-state index contributed by atoms with van der Waals surface area (Å²) in [7, 11) is 9.09. The highest BCUT2D eigenvalue weighted by Gasteiger charge is 2.21. The molecule has 51 heavy (non-hydrogen) atoms. The third-order valence-corrected chi connectivity index (χ3v) is 9.70. The van der Waals surface area contributed by atoms with Crippen LogP contribution in [-0.2, 0) is 22.6 Å². The van der Waals surface area contributed by atoms with Gasteiger partial charge in [-0.3, -0.25) is 0 Å². The van der Waals surface area contributed by atoms with E-state index in [-0.39, 0.29) is 11.9 Å². The number of ether oxygens (including phenoxy) is 2. The van der Waals surface area contributed by atoms with E-state index in [9.17, 15) is 9.59 Å². The van der Waals surface area contributed by atoms with Crippen LogP contribution in [0.15, 0.2) is 73.8 Å². The van der Waals surface area contributed by atoms with Crippen molar-refractivity contribution in [3.63, 3.8) is 0 Å². The summed E-state index contributed by atoms with van der Waals surface area (Å²) >= 11 is 0. The second-order valence-electron chi connectivity index (χ2n) is 15.8. The molecule has 0 N–H and O–H groups in total. The summed E-state index contributed by atoms with van der Waals surface area (Å²) in [5.74, 6) is -0.451. The first kappa shape index (κ1) is 43.9. The molecule has 0 aliphatic heterocycles. The Balaban J connectivity index is 1.63. The first-order valence-electron chi connectivity index (χ1n) is 19.9. The Hall–Kier alpha value is -3.22. The molecule has 0 heterocycles. The molecule has 6 heteroatoms. The van der Waals surface area contributed by atoms with E-state index in [0.29, 0.717) is 24.3 Å². The fourth-order valence-corrected chi connectivity index (χ4v) is 6.61. The molecule has 0 aliphatic rings. The van der Waals surface area contributed by atoms with E-state index in [1.165, 1.54) is 75.3 Å². The Labute approximate surface area is 312 Å². The number of unbranched alkanes of at least 4 members (excludes halogenated alkanes) is 14. The lowest BCUT2D eigenvalue weighted by Gasteiger charge is -2.34. The monoisotopic (exact) mass is 705 g/mol. The SMILES string of the molecule is C=CCCCCCCCCCOC(=O)c1ccc(C[N+](C)(C)CCC[N+](C)(C)Cc2ccc(C(=O)OCCCCCCCCCC=C)cc2)cc1. The fraction of sp³-hybridized carbons (Fsp3) is 0.600. The number of carbonyl (C=O) groups excluding carboxylic acids is 2. The van der Waals surface area contributed by atoms with Crippen molar-refractivity contribution in [2.45, 2.75) is 122 Å². The molecule has 2 aromatic carbocycles. The summed E-state index contributed by atoms with van der Waals surface area (Å²) in [4.78, 5) is 25.1. The van der Waals surface area contributed by atoms with Crippen LogP contribution in [0.5, 0.6) is 0 Å². The van der Waals surface area contributed by atoms with Crippen LogP contribution in [0.4, 0.5) is 0 Å². The van der Waals surface area contributed by atoms with Gasteiger partial charge in [-0.05, 0) is 62.8 Å². The number of nitrogens with zero attached hydrogens (tertiary/aromatic N) is 2. The van der Waals surface area contributed by atoms with Gasteiger partial charge in [-0.25, -0.2) is 9.59 Å². The molecule has 284 valence electrons. The van der Waals surface area contributed by atoms with E-state index in [0.717, 1.165) is 80.1 Å². The molecule has 2 aromatic rings.